The van der Waals surface area contributed by atoms with Crippen molar-refractivity contribution in [3.8, 4) is 0 Å². The fourth-order valence-corrected chi connectivity index (χ4v) is 6.37. The van der Waals surface area contributed by atoms with E-state index in [-0.39, 0.29) is 4.90 Å². The molecule has 0 aliphatic heterocycles. The Balaban J connectivity index is 2.02. The number of benzene rings is 1. The number of aryl methyl sites for hydroxylation is 1. The maximum Gasteiger partial charge on any atom is 0.242 e. The van der Waals surface area contributed by atoms with Gasteiger partial charge in [-0.15, -0.1) is 0 Å². The predicted molar refractivity (Wildman–Crippen MR) is 101 cm³/mol. The molecule has 1 N–H and O–H groups in total. The van der Waals surface area contributed by atoms with Gasteiger partial charge in [0.2, 0.25) is 15.9 Å². The second-order valence-electron chi connectivity index (χ2n) is 6.31. The first-order chi connectivity index (χ1) is 11.8. The van der Waals surface area contributed by atoms with E-state index >= 15 is 0 Å². The molecule has 1 aliphatic rings. The molecule has 9 heteroatoms. The molecule has 0 spiro atoms. The summed E-state index contributed by atoms with van der Waals surface area (Å²) in [6, 6.07) is 4.99. The Labute approximate surface area is 164 Å². The lowest BCUT2D eigenvalue weighted by atomic mass is 9.91. The molecule has 0 unspecified atom stereocenters. The Hall–Kier alpha value is -0.770. The average Bonchev–Trinajstić information content (AvgIpc) is 2.83. The van der Waals surface area contributed by atoms with Crippen LogP contribution >= 0.6 is 31.9 Å². The molecule has 0 amide bonds. The van der Waals surface area contributed by atoms with Crippen molar-refractivity contribution in [3.63, 3.8) is 0 Å². The first-order valence-corrected chi connectivity index (χ1v) is 11.2. The molecule has 1 heterocycles. The molecule has 0 atom stereocenters. The van der Waals surface area contributed by atoms with Gasteiger partial charge < -0.3 is 4.52 Å². The van der Waals surface area contributed by atoms with E-state index < -0.39 is 15.6 Å². The topological polar surface area (TPSA) is 85.1 Å². The van der Waals surface area contributed by atoms with Crippen LogP contribution in [0.4, 0.5) is 0 Å². The zero-order chi connectivity index (χ0) is 18.1. The number of rotatable bonds is 4. The lowest BCUT2D eigenvalue weighted by molar-refractivity contribution is 0.301. The molecule has 25 heavy (non-hydrogen) atoms. The number of halogens is 2. The monoisotopic (exact) mass is 491 g/mol. The maximum atomic E-state index is 13.1. The zero-order valence-electron chi connectivity index (χ0n) is 13.8. The van der Waals surface area contributed by atoms with Crippen molar-refractivity contribution in [2.75, 3.05) is 0 Å². The molecule has 1 aromatic heterocycles. The van der Waals surface area contributed by atoms with Gasteiger partial charge in [-0.25, -0.2) is 8.42 Å². The quantitative estimate of drug-likeness (QED) is 0.638. The van der Waals surface area contributed by atoms with Crippen LogP contribution in [0, 0.1) is 6.92 Å². The maximum absolute atomic E-state index is 13.1. The molecule has 1 saturated carbocycles. The summed E-state index contributed by atoms with van der Waals surface area (Å²) < 4.78 is 35.5. The van der Waals surface area contributed by atoms with Gasteiger partial charge in [-0.05, 0) is 47.0 Å². The average molecular weight is 493 g/mol. The Morgan fingerprint density at radius 2 is 1.84 bits per heavy atom. The fraction of sp³-hybridized carbons (Fsp3) is 0.500. The van der Waals surface area contributed by atoms with Crippen LogP contribution in [0.2, 0.25) is 0 Å². The Kier molecular flexibility index (Phi) is 5.67. The number of hydrogen-bond acceptors (Lipinski definition) is 5. The van der Waals surface area contributed by atoms with Gasteiger partial charge in [0.05, 0.1) is 10.4 Å². The van der Waals surface area contributed by atoms with Crippen LogP contribution in [-0.2, 0) is 15.6 Å². The van der Waals surface area contributed by atoms with Gasteiger partial charge in [0.15, 0.2) is 5.82 Å². The van der Waals surface area contributed by atoms with E-state index in [0.29, 0.717) is 29.0 Å². The summed E-state index contributed by atoms with van der Waals surface area (Å²) in [5.74, 6) is 0.853. The lowest BCUT2D eigenvalue weighted by Crippen LogP contribution is -2.46. The lowest BCUT2D eigenvalue weighted by Gasteiger charge is -2.30. The third-order valence-electron chi connectivity index (χ3n) is 4.43. The molecule has 1 aliphatic carbocycles. The molecule has 0 bridgehead atoms. The van der Waals surface area contributed by atoms with E-state index in [1.807, 2.05) is 0 Å². The van der Waals surface area contributed by atoms with Crippen molar-refractivity contribution >= 4 is 41.9 Å². The summed E-state index contributed by atoms with van der Waals surface area (Å²) in [6.07, 6.45) is 5.28. The van der Waals surface area contributed by atoms with Gasteiger partial charge in [-0.1, -0.05) is 46.8 Å². The van der Waals surface area contributed by atoms with E-state index in [9.17, 15) is 8.42 Å². The highest BCUT2D eigenvalue weighted by Crippen LogP contribution is 2.37. The van der Waals surface area contributed by atoms with Crippen molar-refractivity contribution in [1.82, 2.24) is 14.9 Å². The minimum atomic E-state index is -3.76. The van der Waals surface area contributed by atoms with E-state index in [2.05, 4.69) is 46.7 Å². The minimum Gasteiger partial charge on any atom is -0.340 e. The molecule has 1 aromatic carbocycles. The largest absolute Gasteiger partial charge is 0.340 e. The summed E-state index contributed by atoms with van der Waals surface area (Å²) in [6.45, 7) is 1.71. The highest BCUT2D eigenvalue weighted by atomic mass is 79.9. The number of nitrogens with one attached hydrogen (secondary N) is 1. The van der Waals surface area contributed by atoms with Crippen LogP contribution in [0.25, 0.3) is 0 Å². The van der Waals surface area contributed by atoms with Crippen LogP contribution in [0.1, 0.15) is 50.2 Å². The molecule has 136 valence electrons. The summed E-state index contributed by atoms with van der Waals surface area (Å²) >= 11 is 6.69. The summed E-state index contributed by atoms with van der Waals surface area (Å²) in [7, 11) is -3.76. The van der Waals surface area contributed by atoms with Crippen molar-refractivity contribution in [2.45, 2.75) is 55.9 Å². The number of nitrogens with zero attached hydrogens (tertiary/aromatic N) is 2. The minimum absolute atomic E-state index is 0.194. The van der Waals surface area contributed by atoms with Crippen LogP contribution in [0.15, 0.2) is 36.6 Å². The predicted octanol–water partition coefficient (Wildman–Crippen LogP) is 4.43. The van der Waals surface area contributed by atoms with Gasteiger partial charge in [-0.2, -0.15) is 9.71 Å². The highest BCUT2D eigenvalue weighted by molar-refractivity contribution is 9.11. The van der Waals surface area contributed by atoms with Gasteiger partial charge >= 0.3 is 0 Å². The van der Waals surface area contributed by atoms with Crippen LogP contribution in [-0.4, -0.2) is 18.6 Å². The normalized spacial score (nSPS) is 18.0. The summed E-state index contributed by atoms with van der Waals surface area (Å²) in [5, 5.41) is 4.04. The third kappa shape index (κ3) is 4.15. The molecule has 6 nitrogen and oxygen atoms in total. The molecule has 2 aromatic rings. The number of hydrogen-bond donors (Lipinski definition) is 1. The third-order valence-corrected chi connectivity index (χ3v) is 7.43. The van der Waals surface area contributed by atoms with Gasteiger partial charge in [-0.3, -0.25) is 0 Å². The fourth-order valence-electron chi connectivity index (χ4n) is 3.20. The van der Waals surface area contributed by atoms with Crippen LogP contribution in [0.5, 0.6) is 0 Å². The van der Waals surface area contributed by atoms with Gasteiger partial charge in [0.25, 0.3) is 0 Å². The molecule has 0 radical (unpaired) electrons. The van der Waals surface area contributed by atoms with Crippen molar-refractivity contribution in [1.29, 1.82) is 0 Å². The van der Waals surface area contributed by atoms with E-state index in [4.69, 9.17) is 4.52 Å². The highest BCUT2D eigenvalue weighted by Gasteiger charge is 2.41. The standard InChI is InChI=1S/C16H19Br2N3O3S/c1-11-19-15(20-24-11)16(8-4-2-3-5-9-16)21-25(22,23)14-7-6-12(17)10-13(14)18/h6-7,10,21H,2-5,8-9H2,1H3. The smallest absolute Gasteiger partial charge is 0.242 e. The summed E-state index contributed by atoms with van der Waals surface area (Å²) in [5.41, 5.74) is -0.834. The van der Waals surface area contributed by atoms with Crippen molar-refractivity contribution in [3.05, 3.63) is 38.9 Å². The molecular formula is C16H19Br2N3O3S. The second-order valence-corrected chi connectivity index (χ2v) is 9.73. The first-order valence-electron chi connectivity index (χ1n) is 8.12. The molecular weight excluding hydrogens is 474 g/mol. The SMILES string of the molecule is Cc1nc(C2(NS(=O)(=O)c3ccc(Br)cc3Br)CCCCCC2)no1. The van der Waals surface area contributed by atoms with Gasteiger partial charge in [0, 0.05) is 15.9 Å². The first kappa shape index (κ1) is 19.0. The molecule has 3 rings (SSSR count). The van der Waals surface area contributed by atoms with Crippen molar-refractivity contribution in [2.24, 2.45) is 0 Å². The number of sulfonamides is 1. The Morgan fingerprint density at radius 1 is 1.16 bits per heavy atom. The van der Waals surface area contributed by atoms with E-state index in [0.717, 1.165) is 30.2 Å². The Bertz CT molecular complexity index is 859. The van der Waals surface area contributed by atoms with Gasteiger partial charge in [0.1, 0.15) is 0 Å². The second kappa shape index (κ2) is 7.46. The Morgan fingerprint density at radius 3 is 2.40 bits per heavy atom. The zero-order valence-corrected chi connectivity index (χ0v) is 17.7. The van der Waals surface area contributed by atoms with Crippen LogP contribution < -0.4 is 4.72 Å². The molecule has 1 fully saturated rings. The van der Waals surface area contributed by atoms with Crippen molar-refractivity contribution < 1.29 is 12.9 Å². The number of aromatic nitrogens is 2. The van der Waals surface area contributed by atoms with Crippen LogP contribution in [0.3, 0.4) is 0 Å². The van der Waals surface area contributed by atoms with E-state index in [1.54, 1.807) is 25.1 Å². The molecule has 0 saturated heterocycles. The van der Waals surface area contributed by atoms with E-state index in [1.165, 1.54) is 0 Å². The summed E-state index contributed by atoms with van der Waals surface area (Å²) in [4.78, 5) is 4.53.